The first-order valence-corrected chi connectivity index (χ1v) is 5.74. The van der Waals surface area contributed by atoms with E-state index in [1.165, 1.54) is 0 Å². The Kier molecular flexibility index (Phi) is 3.34. The third-order valence-corrected chi connectivity index (χ3v) is 2.91. The maximum Gasteiger partial charge on any atom is 0.231 e. The zero-order valence-corrected chi connectivity index (χ0v) is 10.8. The first kappa shape index (κ1) is 12.6. The number of para-hydroxylation sites is 1. The molecule has 5 nitrogen and oxygen atoms in total. The van der Waals surface area contributed by atoms with Gasteiger partial charge in [-0.25, -0.2) is 0 Å². The number of aromatic nitrogens is 2. The highest BCUT2D eigenvalue weighted by atomic mass is 16.5. The molecule has 0 amide bonds. The summed E-state index contributed by atoms with van der Waals surface area (Å²) < 4.78 is 10.5. The van der Waals surface area contributed by atoms with Gasteiger partial charge < -0.3 is 15.0 Å². The normalized spacial score (nSPS) is 11.7. The van der Waals surface area contributed by atoms with Gasteiger partial charge in [0.05, 0.1) is 6.42 Å². The lowest BCUT2D eigenvalue weighted by molar-refractivity contribution is 0.00973. The Bertz CT molecular complexity index is 535. The number of methoxy groups -OCH3 is 1. The van der Waals surface area contributed by atoms with Crippen LogP contribution >= 0.6 is 0 Å². The zero-order valence-electron chi connectivity index (χ0n) is 10.8. The molecule has 0 saturated carbocycles. The molecule has 0 unspecified atom stereocenters. The van der Waals surface area contributed by atoms with Gasteiger partial charge in [0.1, 0.15) is 5.60 Å². The molecule has 0 saturated heterocycles. The van der Waals surface area contributed by atoms with Crippen LogP contribution in [0.3, 0.4) is 0 Å². The standard InChI is InChI=1S/C13H17N3O2/c1-13(2,17-3)12-15-11(18-16-12)8-9-6-4-5-7-10(9)14/h4-7H,8,14H2,1-3H3. The van der Waals surface area contributed by atoms with E-state index in [1.54, 1.807) is 7.11 Å². The molecular formula is C13H17N3O2. The molecule has 0 bridgehead atoms. The van der Waals surface area contributed by atoms with Crippen molar-refractivity contribution >= 4 is 5.69 Å². The molecule has 1 heterocycles. The SMILES string of the molecule is COC(C)(C)c1noc(Cc2ccccc2N)n1. The average molecular weight is 247 g/mol. The lowest BCUT2D eigenvalue weighted by Gasteiger charge is -2.17. The Morgan fingerprint density at radius 3 is 2.72 bits per heavy atom. The third kappa shape index (κ3) is 2.51. The molecule has 0 spiro atoms. The van der Waals surface area contributed by atoms with Crippen LogP contribution in [0.4, 0.5) is 5.69 Å². The summed E-state index contributed by atoms with van der Waals surface area (Å²) in [6.45, 7) is 3.77. The second-order valence-corrected chi connectivity index (χ2v) is 4.60. The van der Waals surface area contributed by atoms with Crippen molar-refractivity contribution < 1.29 is 9.26 Å². The van der Waals surface area contributed by atoms with Crippen molar-refractivity contribution in [3.05, 3.63) is 41.5 Å². The molecule has 2 aromatic rings. The van der Waals surface area contributed by atoms with Crippen molar-refractivity contribution in [1.82, 2.24) is 10.1 Å². The zero-order chi connectivity index (χ0) is 13.2. The first-order chi connectivity index (χ1) is 8.53. The number of nitrogens with two attached hydrogens (primary N) is 1. The largest absolute Gasteiger partial charge is 0.398 e. The Balaban J connectivity index is 2.20. The lowest BCUT2D eigenvalue weighted by atomic mass is 10.1. The smallest absolute Gasteiger partial charge is 0.231 e. The molecule has 0 aliphatic rings. The van der Waals surface area contributed by atoms with Gasteiger partial charge in [0.2, 0.25) is 11.7 Å². The fourth-order valence-electron chi connectivity index (χ4n) is 1.52. The van der Waals surface area contributed by atoms with Crippen LogP contribution in [0, 0.1) is 0 Å². The average Bonchev–Trinajstić information content (AvgIpc) is 2.81. The van der Waals surface area contributed by atoms with Crippen LogP contribution < -0.4 is 5.73 Å². The van der Waals surface area contributed by atoms with Crippen molar-refractivity contribution in [2.45, 2.75) is 25.9 Å². The van der Waals surface area contributed by atoms with Crippen molar-refractivity contribution in [2.75, 3.05) is 12.8 Å². The first-order valence-electron chi connectivity index (χ1n) is 5.74. The monoisotopic (exact) mass is 247 g/mol. The van der Waals surface area contributed by atoms with E-state index in [2.05, 4.69) is 10.1 Å². The topological polar surface area (TPSA) is 74.2 Å². The van der Waals surface area contributed by atoms with Gasteiger partial charge in [-0.3, -0.25) is 0 Å². The van der Waals surface area contributed by atoms with E-state index in [4.69, 9.17) is 15.0 Å². The highest BCUT2D eigenvalue weighted by Gasteiger charge is 2.26. The number of rotatable bonds is 4. The molecule has 1 aromatic heterocycles. The molecule has 96 valence electrons. The summed E-state index contributed by atoms with van der Waals surface area (Å²) in [7, 11) is 1.62. The Morgan fingerprint density at radius 2 is 2.06 bits per heavy atom. The molecule has 0 radical (unpaired) electrons. The molecule has 5 heteroatoms. The van der Waals surface area contributed by atoms with Crippen LogP contribution in [0.2, 0.25) is 0 Å². The molecule has 0 fully saturated rings. The minimum absolute atomic E-state index is 0.527. The summed E-state index contributed by atoms with van der Waals surface area (Å²) in [5.74, 6) is 1.07. The van der Waals surface area contributed by atoms with Crippen LogP contribution in [0.25, 0.3) is 0 Å². The maximum atomic E-state index is 5.87. The number of anilines is 1. The van der Waals surface area contributed by atoms with Crippen molar-refractivity contribution in [3.8, 4) is 0 Å². The van der Waals surface area contributed by atoms with E-state index in [0.717, 1.165) is 11.3 Å². The van der Waals surface area contributed by atoms with E-state index in [1.807, 2.05) is 38.1 Å². The van der Waals surface area contributed by atoms with Crippen molar-refractivity contribution in [2.24, 2.45) is 0 Å². The molecular weight excluding hydrogens is 230 g/mol. The predicted molar refractivity (Wildman–Crippen MR) is 68.0 cm³/mol. The van der Waals surface area contributed by atoms with Gasteiger partial charge in [-0.1, -0.05) is 23.4 Å². The number of hydrogen-bond donors (Lipinski definition) is 1. The highest BCUT2D eigenvalue weighted by Crippen LogP contribution is 2.22. The van der Waals surface area contributed by atoms with Gasteiger partial charge in [0.15, 0.2) is 0 Å². The number of hydrogen-bond acceptors (Lipinski definition) is 5. The minimum Gasteiger partial charge on any atom is -0.398 e. The van der Waals surface area contributed by atoms with E-state index in [9.17, 15) is 0 Å². The van der Waals surface area contributed by atoms with E-state index in [-0.39, 0.29) is 0 Å². The Hall–Kier alpha value is -1.88. The van der Waals surface area contributed by atoms with E-state index in [0.29, 0.717) is 18.1 Å². The Labute approximate surface area is 106 Å². The Morgan fingerprint density at radius 1 is 1.33 bits per heavy atom. The molecule has 0 aliphatic carbocycles. The number of ether oxygens (including phenoxy) is 1. The number of benzene rings is 1. The van der Waals surface area contributed by atoms with Crippen LogP contribution in [-0.2, 0) is 16.8 Å². The van der Waals surface area contributed by atoms with Gasteiger partial charge in [-0.15, -0.1) is 0 Å². The molecule has 18 heavy (non-hydrogen) atoms. The molecule has 2 rings (SSSR count). The summed E-state index contributed by atoms with van der Waals surface area (Å²) in [6, 6.07) is 7.63. The quantitative estimate of drug-likeness (QED) is 0.838. The third-order valence-electron chi connectivity index (χ3n) is 2.91. The van der Waals surface area contributed by atoms with Gasteiger partial charge in [-0.2, -0.15) is 4.98 Å². The van der Waals surface area contributed by atoms with Crippen LogP contribution in [0.15, 0.2) is 28.8 Å². The second-order valence-electron chi connectivity index (χ2n) is 4.60. The van der Waals surface area contributed by atoms with Crippen molar-refractivity contribution in [3.63, 3.8) is 0 Å². The number of nitrogen functional groups attached to an aromatic ring is 1. The molecule has 1 aromatic carbocycles. The van der Waals surface area contributed by atoms with Gasteiger partial charge in [0, 0.05) is 12.8 Å². The molecule has 2 N–H and O–H groups in total. The summed E-state index contributed by atoms with van der Waals surface area (Å²) >= 11 is 0. The fraction of sp³-hybridized carbons (Fsp3) is 0.385. The lowest BCUT2D eigenvalue weighted by Crippen LogP contribution is -2.21. The summed E-state index contributed by atoms with van der Waals surface area (Å²) in [6.07, 6.45) is 0.527. The van der Waals surface area contributed by atoms with Crippen LogP contribution in [-0.4, -0.2) is 17.3 Å². The van der Waals surface area contributed by atoms with Gasteiger partial charge in [0.25, 0.3) is 0 Å². The number of nitrogens with zero attached hydrogens (tertiary/aromatic N) is 2. The second kappa shape index (κ2) is 4.78. The predicted octanol–water partition coefficient (Wildman–Crippen LogP) is 2.12. The van der Waals surface area contributed by atoms with E-state index < -0.39 is 5.60 Å². The summed E-state index contributed by atoms with van der Waals surface area (Å²) in [5.41, 5.74) is 7.02. The molecule has 0 atom stereocenters. The minimum atomic E-state index is -0.552. The molecule has 0 aliphatic heterocycles. The maximum absolute atomic E-state index is 5.87. The highest BCUT2D eigenvalue weighted by molar-refractivity contribution is 5.47. The van der Waals surface area contributed by atoms with E-state index >= 15 is 0 Å². The fourth-order valence-corrected chi connectivity index (χ4v) is 1.52. The van der Waals surface area contributed by atoms with Crippen molar-refractivity contribution in [1.29, 1.82) is 0 Å². The van der Waals surface area contributed by atoms with Crippen LogP contribution in [0.5, 0.6) is 0 Å². The summed E-state index contributed by atoms with van der Waals surface area (Å²) in [5, 5.41) is 3.93. The van der Waals surface area contributed by atoms with Gasteiger partial charge >= 0.3 is 0 Å². The van der Waals surface area contributed by atoms with Gasteiger partial charge in [-0.05, 0) is 25.5 Å². The van der Waals surface area contributed by atoms with Crippen LogP contribution in [0.1, 0.15) is 31.1 Å². The summed E-state index contributed by atoms with van der Waals surface area (Å²) in [4.78, 5) is 4.33.